The maximum absolute atomic E-state index is 6.20. The molecule has 0 aliphatic heterocycles. The van der Waals surface area contributed by atoms with Gasteiger partial charge >= 0.3 is 0 Å². The number of aromatic nitrogens is 4. The van der Waals surface area contributed by atoms with Gasteiger partial charge in [-0.2, -0.15) is 0 Å². The van der Waals surface area contributed by atoms with Gasteiger partial charge in [0.1, 0.15) is 5.82 Å². The predicted molar refractivity (Wildman–Crippen MR) is 284 cm³/mol. The molecule has 0 N–H and O–H groups in total. The highest BCUT2D eigenvalue weighted by Gasteiger charge is 2.24. The van der Waals surface area contributed by atoms with Crippen LogP contribution >= 0.6 is 0 Å². The lowest BCUT2D eigenvalue weighted by atomic mass is 9.85. The highest BCUT2D eigenvalue weighted by Crippen LogP contribution is 2.43. The number of nitrogens with zero attached hydrogens (tertiary/aromatic N) is 4. The van der Waals surface area contributed by atoms with Gasteiger partial charge < -0.3 is 4.57 Å². The highest BCUT2D eigenvalue weighted by molar-refractivity contribution is 6.16. The van der Waals surface area contributed by atoms with E-state index < -0.39 is 0 Å². The summed E-state index contributed by atoms with van der Waals surface area (Å²) < 4.78 is 2.39. The first-order chi connectivity index (χ1) is 33.6. The molecule has 0 spiro atoms. The number of fused-ring (bicyclic) bond motifs is 3. The maximum atomic E-state index is 6.20. The molecule has 0 saturated carbocycles. The fraction of sp³-hybridized carbons (Fsp3) is 0.0469. The first-order valence-corrected chi connectivity index (χ1v) is 23.1. The van der Waals surface area contributed by atoms with Crippen molar-refractivity contribution in [2.24, 2.45) is 0 Å². The Hall–Kier alpha value is -8.91. The van der Waals surface area contributed by atoms with E-state index in [2.05, 4.69) is 224 Å². The minimum absolute atomic E-state index is 0.0177. The minimum Gasteiger partial charge on any atom is -0.308 e. The molecule has 68 heavy (non-hydrogen) atoms. The second-order valence-electron chi connectivity index (χ2n) is 17.1. The van der Waals surface area contributed by atoms with Crippen LogP contribution in [0.15, 0.2) is 237 Å². The van der Waals surface area contributed by atoms with Gasteiger partial charge in [-0.15, -0.1) is 6.42 Å². The average molecular weight is 871 g/mol. The van der Waals surface area contributed by atoms with Crippen molar-refractivity contribution in [2.45, 2.75) is 19.3 Å². The van der Waals surface area contributed by atoms with Crippen LogP contribution < -0.4 is 0 Å². The lowest BCUT2D eigenvalue weighted by Gasteiger charge is -2.21. The van der Waals surface area contributed by atoms with E-state index in [-0.39, 0.29) is 5.92 Å². The molecule has 0 bridgehead atoms. The summed E-state index contributed by atoms with van der Waals surface area (Å²) >= 11 is 0. The van der Waals surface area contributed by atoms with Crippen molar-refractivity contribution in [2.75, 3.05) is 0 Å². The van der Waals surface area contributed by atoms with Crippen LogP contribution in [0.25, 0.3) is 89.2 Å². The van der Waals surface area contributed by atoms with Gasteiger partial charge in [-0.3, -0.25) is 0 Å². The number of hydrogen-bond donors (Lipinski definition) is 0. The van der Waals surface area contributed by atoms with E-state index in [1.165, 1.54) is 11.1 Å². The molecular weight excluding hydrogens is 825 g/mol. The Bertz CT molecular complexity index is 3530. The van der Waals surface area contributed by atoms with Crippen LogP contribution in [0.3, 0.4) is 0 Å². The van der Waals surface area contributed by atoms with Gasteiger partial charge in [0.2, 0.25) is 0 Å². The second-order valence-corrected chi connectivity index (χ2v) is 17.1. The summed E-state index contributed by atoms with van der Waals surface area (Å²) in [5.41, 5.74) is 15.7. The quantitative estimate of drug-likeness (QED) is 0.0781. The molecule has 1 aliphatic carbocycles. The van der Waals surface area contributed by atoms with Gasteiger partial charge in [-0.05, 0) is 111 Å². The van der Waals surface area contributed by atoms with Crippen LogP contribution in [0, 0.1) is 12.3 Å². The number of rotatable bonds is 10. The maximum Gasteiger partial charge on any atom is 0.165 e. The van der Waals surface area contributed by atoms with Crippen molar-refractivity contribution >= 4 is 38.5 Å². The van der Waals surface area contributed by atoms with E-state index in [0.29, 0.717) is 11.6 Å². The molecule has 8 aromatic carbocycles. The first kappa shape index (κ1) is 41.8. The van der Waals surface area contributed by atoms with Gasteiger partial charge in [-0.25, -0.2) is 15.0 Å². The molecule has 11 rings (SSSR count). The zero-order chi connectivity index (χ0) is 45.8. The molecule has 10 aromatic rings. The largest absolute Gasteiger partial charge is 0.308 e. The Morgan fingerprint density at radius 2 is 1.07 bits per heavy atom. The van der Waals surface area contributed by atoms with Gasteiger partial charge in [0.25, 0.3) is 0 Å². The van der Waals surface area contributed by atoms with E-state index in [0.717, 1.165) is 95.4 Å². The Morgan fingerprint density at radius 3 is 1.63 bits per heavy atom. The molecule has 1 unspecified atom stereocenters. The summed E-state index contributed by atoms with van der Waals surface area (Å²) in [6, 6.07) is 72.8. The van der Waals surface area contributed by atoms with Gasteiger partial charge in [0, 0.05) is 27.8 Å². The Kier molecular flexibility index (Phi) is 11.4. The Balaban J connectivity index is 1.24. The van der Waals surface area contributed by atoms with E-state index in [9.17, 15) is 0 Å². The SMILES string of the molecule is C#C/C=C(\C(=C(/C)c1ccccc1)c1ccc(-n2c3ccc(-c4ccccc4)cc3c3cc(-c4ccccc4)ccc32)c(-c2nc(-c3ccccc3)nc(C3C=CC=CC3)n2)c1)c1ccccc1. The molecule has 0 amide bonds. The van der Waals surface area contributed by atoms with Gasteiger partial charge in [-0.1, -0.05) is 200 Å². The number of allylic oxidation sites excluding steroid dienone is 8. The van der Waals surface area contributed by atoms with Crippen LogP contribution in [-0.4, -0.2) is 19.5 Å². The van der Waals surface area contributed by atoms with E-state index in [1.54, 1.807) is 0 Å². The molecule has 2 aromatic heterocycles. The summed E-state index contributed by atoms with van der Waals surface area (Å²) in [5.74, 6) is 4.82. The van der Waals surface area contributed by atoms with Crippen molar-refractivity contribution in [1.29, 1.82) is 0 Å². The number of benzene rings is 8. The van der Waals surface area contributed by atoms with Crippen molar-refractivity contribution in [3.63, 3.8) is 0 Å². The number of terminal acetylenes is 1. The molecule has 322 valence electrons. The summed E-state index contributed by atoms with van der Waals surface area (Å²) in [5, 5.41) is 2.30. The fourth-order valence-electron chi connectivity index (χ4n) is 9.54. The molecule has 0 fully saturated rings. The van der Waals surface area contributed by atoms with Crippen LogP contribution in [0.5, 0.6) is 0 Å². The lowest BCUT2D eigenvalue weighted by molar-refractivity contribution is 0.764. The van der Waals surface area contributed by atoms with Crippen LogP contribution in [0.1, 0.15) is 41.8 Å². The lowest BCUT2D eigenvalue weighted by Crippen LogP contribution is -2.09. The monoisotopic (exact) mass is 870 g/mol. The second kappa shape index (κ2) is 18.5. The Morgan fingerprint density at radius 1 is 0.529 bits per heavy atom. The van der Waals surface area contributed by atoms with Gasteiger partial charge in [0.15, 0.2) is 11.6 Å². The third-order valence-corrected chi connectivity index (χ3v) is 12.9. The summed E-state index contributed by atoms with van der Waals surface area (Å²) in [6.07, 6.45) is 17.4. The van der Waals surface area contributed by atoms with E-state index >= 15 is 0 Å². The molecular formula is C64H46N4. The summed E-state index contributed by atoms with van der Waals surface area (Å²) in [7, 11) is 0. The van der Waals surface area contributed by atoms with Crippen LogP contribution in [0.2, 0.25) is 0 Å². The van der Waals surface area contributed by atoms with Crippen LogP contribution in [0.4, 0.5) is 0 Å². The molecule has 4 heteroatoms. The molecule has 2 heterocycles. The normalized spacial score (nSPS) is 13.9. The van der Waals surface area contributed by atoms with E-state index in [4.69, 9.17) is 21.4 Å². The number of hydrogen-bond acceptors (Lipinski definition) is 3. The summed E-state index contributed by atoms with van der Waals surface area (Å²) in [4.78, 5) is 16.0. The van der Waals surface area contributed by atoms with Crippen molar-refractivity contribution in [1.82, 2.24) is 19.5 Å². The average Bonchev–Trinajstić information content (AvgIpc) is 3.74. The highest BCUT2D eigenvalue weighted by atomic mass is 15.1. The summed E-state index contributed by atoms with van der Waals surface area (Å²) in [6.45, 7) is 2.19. The van der Waals surface area contributed by atoms with Crippen molar-refractivity contribution < 1.29 is 0 Å². The topological polar surface area (TPSA) is 43.6 Å². The third-order valence-electron chi connectivity index (χ3n) is 12.9. The molecule has 0 radical (unpaired) electrons. The fourth-order valence-corrected chi connectivity index (χ4v) is 9.54. The third kappa shape index (κ3) is 8.08. The van der Waals surface area contributed by atoms with E-state index in [1.807, 2.05) is 30.3 Å². The predicted octanol–water partition coefficient (Wildman–Crippen LogP) is 15.9. The zero-order valence-electron chi connectivity index (χ0n) is 37.7. The van der Waals surface area contributed by atoms with Crippen molar-refractivity contribution in [3.05, 3.63) is 259 Å². The molecule has 0 saturated heterocycles. The van der Waals surface area contributed by atoms with Gasteiger partial charge in [0.05, 0.1) is 16.7 Å². The van der Waals surface area contributed by atoms with Crippen LogP contribution in [-0.2, 0) is 0 Å². The zero-order valence-corrected chi connectivity index (χ0v) is 37.7. The molecule has 1 aliphatic rings. The standard InChI is InChI=1S/C64H46N4/c1-3-22-54(48-29-16-7-17-30-48)61(44(2)45-23-10-4-11-24-45)53-37-40-60(57(43-53)64-66-62(49-31-18-8-19-32-49)65-63(67-64)50-33-20-9-21-34-50)68-58-38-35-51(46-25-12-5-13-26-46)41-55(58)56-42-52(36-39-59(56)68)47-27-14-6-15-28-47/h1,4-33,35-43,50H,34H2,2H3/b54-22-,61-44+. The first-order valence-electron chi connectivity index (χ1n) is 23.1. The molecule has 1 atom stereocenters. The Labute approximate surface area is 397 Å². The minimum atomic E-state index is -0.0177. The van der Waals surface area contributed by atoms with Crippen molar-refractivity contribution in [3.8, 4) is 63.1 Å². The smallest absolute Gasteiger partial charge is 0.165 e. The molecule has 4 nitrogen and oxygen atoms in total.